The Labute approximate surface area is 113 Å². The number of carbonyl (C=O) groups excluding carboxylic acids is 1. The molecule has 6 heteroatoms. The van der Waals surface area contributed by atoms with Crippen molar-refractivity contribution < 1.29 is 4.79 Å². The summed E-state index contributed by atoms with van der Waals surface area (Å²) < 4.78 is 1.41. The van der Waals surface area contributed by atoms with Crippen molar-refractivity contribution in [2.45, 2.75) is 0 Å². The molecule has 0 unspecified atom stereocenters. The van der Waals surface area contributed by atoms with Crippen LogP contribution < -0.4 is 0 Å². The summed E-state index contributed by atoms with van der Waals surface area (Å²) in [7, 11) is 1.65. The van der Waals surface area contributed by atoms with Gasteiger partial charge in [-0.15, -0.1) is 0 Å². The number of halogens is 3. The van der Waals surface area contributed by atoms with Crippen LogP contribution in [-0.4, -0.2) is 16.1 Å². The van der Waals surface area contributed by atoms with E-state index in [1.54, 1.807) is 25.2 Å². The Balaban J connectivity index is 2.73. The quantitative estimate of drug-likeness (QED) is 0.787. The number of benzene rings is 1. The lowest BCUT2D eigenvalue weighted by atomic mass is 10.1. The highest BCUT2D eigenvalue weighted by molar-refractivity contribution is 6.43. The fourth-order valence-electron chi connectivity index (χ4n) is 1.51. The summed E-state index contributed by atoms with van der Waals surface area (Å²) in [6, 6.07) is 5.14. The Bertz CT molecular complexity index is 593. The third-order valence-corrected chi connectivity index (χ3v) is 3.60. The average molecular weight is 290 g/mol. The van der Waals surface area contributed by atoms with Gasteiger partial charge in [0.1, 0.15) is 10.8 Å². The van der Waals surface area contributed by atoms with Crippen molar-refractivity contribution in [3.05, 3.63) is 39.0 Å². The fourth-order valence-corrected chi connectivity index (χ4v) is 2.07. The summed E-state index contributed by atoms with van der Waals surface area (Å²) in [6.45, 7) is 0. The van der Waals surface area contributed by atoms with E-state index in [2.05, 4.69) is 5.10 Å². The summed E-state index contributed by atoms with van der Waals surface area (Å²) in [6.07, 6.45) is 0.655. The number of aromatic nitrogens is 2. The Morgan fingerprint density at radius 3 is 2.65 bits per heavy atom. The van der Waals surface area contributed by atoms with E-state index in [4.69, 9.17) is 34.8 Å². The van der Waals surface area contributed by atoms with Gasteiger partial charge in [0, 0.05) is 12.6 Å². The molecule has 0 aliphatic rings. The van der Waals surface area contributed by atoms with Crippen molar-refractivity contribution in [1.82, 2.24) is 9.78 Å². The molecule has 0 saturated heterocycles. The molecule has 0 N–H and O–H groups in total. The molecule has 2 rings (SSSR count). The molecule has 1 aromatic heterocycles. The molecule has 0 fully saturated rings. The molecular formula is C11H7Cl3N2O. The Morgan fingerprint density at radius 1 is 1.29 bits per heavy atom. The van der Waals surface area contributed by atoms with E-state index in [1.807, 2.05) is 0 Å². The molecule has 2 aromatic rings. The first-order chi connectivity index (χ1) is 8.06. The zero-order chi connectivity index (χ0) is 12.6. The second-order valence-corrected chi connectivity index (χ2v) is 4.54. The maximum Gasteiger partial charge on any atom is 0.155 e. The summed E-state index contributed by atoms with van der Waals surface area (Å²) in [5.41, 5.74) is 1.32. The van der Waals surface area contributed by atoms with E-state index >= 15 is 0 Å². The van der Waals surface area contributed by atoms with Crippen LogP contribution in [0.2, 0.25) is 15.2 Å². The van der Waals surface area contributed by atoms with Gasteiger partial charge in [0.05, 0.1) is 15.6 Å². The van der Waals surface area contributed by atoms with Gasteiger partial charge in [0.25, 0.3) is 0 Å². The smallest absolute Gasteiger partial charge is 0.155 e. The van der Waals surface area contributed by atoms with Crippen LogP contribution in [0.4, 0.5) is 0 Å². The third kappa shape index (κ3) is 2.06. The van der Waals surface area contributed by atoms with Crippen LogP contribution in [0, 0.1) is 0 Å². The molecule has 0 saturated carbocycles. The summed E-state index contributed by atoms with van der Waals surface area (Å²) >= 11 is 17.9. The first-order valence-corrected chi connectivity index (χ1v) is 5.81. The van der Waals surface area contributed by atoms with Crippen molar-refractivity contribution in [3.63, 3.8) is 0 Å². The molecule has 0 aliphatic heterocycles. The SMILES string of the molecule is Cn1nc(-c2cccc(Cl)c2Cl)c(C=O)c1Cl. The van der Waals surface area contributed by atoms with Gasteiger partial charge in [0.15, 0.2) is 6.29 Å². The molecular weight excluding hydrogens is 282 g/mol. The Morgan fingerprint density at radius 2 is 2.00 bits per heavy atom. The molecule has 0 bridgehead atoms. The average Bonchev–Trinajstić information content (AvgIpc) is 2.59. The predicted octanol–water partition coefficient (Wildman–Crippen LogP) is 3.86. The molecule has 0 spiro atoms. The fraction of sp³-hybridized carbons (Fsp3) is 0.0909. The van der Waals surface area contributed by atoms with Crippen molar-refractivity contribution in [2.75, 3.05) is 0 Å². The summed E-state index contributed by atoms with van der Waals surface area (Å²) in [4.78, 5) is 11.0. The third-order valence-electron chi connectivity index (χ3n) is 2.34. The predicted molar refractivity (Wildman–Crippen MR) is 69.1 cm³/mol. The maximum atomic E-state index is 11.0. The van der Waals surface area contributed by atoms with Crippen molar-refractivity contribution in [1.29, 1.82) is 0 Å². The minimum atomic E-state index is 0.269. The van der Waals surface area contributed by atoms with Gasteiger partial charge in [-0.3, -0.25) is 9.48 Å². The number of hydrogen-bond acceptors (Lipinski definition) is 2. The number of aryl methyl sites for hydroxylation is 1. The molecule has 0 amide bonds. The van der Waals surface area contributed by atoms with Crippen LogP contribution in [0.5, 0.6) is 0 Å². The van der Waals surface area contributed by atoms with E-state index in [-0.39, 0.29) is 5.15 Å². The Hall–Kier alpha value is -1.03. The van der Waals surface area contributed by atoms with Crippen LogP contribution in [0.1, 0.15) is 10.4 Å². The largest absolute Gasteiger partial charge is 0.298 e. The van der Waals surface area contributed by atoms with E-state index in [9.17, 15) is 4.79 Å². The van der Waals surface area contributed by atoms with Crippen LogP contribution in [-0.2, 0) is 7.05 Å². The molecule has 1 aromatic carbocycles. The highest BCUT2D eigenvalue weighted by atomic mass is 35.5. The maximum absolute atomic E-state index is 11.0. The van der Waals surface area contributed by atoms with E-state index < -0.39 is 0 Å². The van der Waals surface area contributed by atoms with E-state index in [0.717, 1.165) is 0 Å². The minimum Gasteiger partial charge on any atom is -0.298 e. The molecule has 17 heavy (non-hydrogen) atoms. The zero-order valence-electron chi connectivity index (χ0n) is 8.75. The second-order valence-electron chi connectivity index (χ2n) is 3.40. The van der Waals surface area contributed by atoms with E-state index in [1.165, 1.54) is 4.68 Å². The molecule has 0 atom stereocenters. The van der Waals surface area contributed by atoms with Crippen LogP contribution in [0.15, 0.2) is 18.2 Å². The monoisotopic (exact) mass is 288 g/mol. The number of carbonyl (C=O) groups is 1. The summed E-state index contributed by atoms with van der Waals surface area (Å²) in [5.74, 6) is 0. The lowest BCUT2D eigenvalue weighted by Gasteiger charge is -2.02. The standard InChI is InChI=1S/C11H7Cl3N2O/c1-16-11(14)7(5-17)10(15-16)6-3-2-4-8(12)9(6)13/h2-5H,1H3. The topological polar surface area (TPSA) is 34.9 Å². The summed E-state index contributed by atoms with van der Waals surface area (Å²) in [5, 5.41) is 5.19. The first-order valence-electron chi connectivity index (χ1n) is 4.68. The van der Waals surface area contributed by atoms with Crippen molar-refractivity contribution in [2.24, 2.45) is 7.05 Å². The number of aldehydes is 1. The number of hydrogen-bond donors (Lipinski definition) is 0. The van der Waals surface area contributed by atoms with E-state index in [0.29, 0.717) is 33.2 Å². The highest BCUT2D eigenvalue weighted by Gasteiger charge is 2.18. The van der Waals surface area contributed by atoms with Crippen molar-refractivity contribution >= 4 is 41.1 Å². The normalized spacial score (nSPS) is 10.6. The highest BCUT2D eigenvalue weighted by Crippen LogP contribution is 2.35. The van der Waals surface area contributed by atoms with Crippen LogP contribution in [0.25, 0.3) is 11.3 Å². The molecule has 0 radical (unpaired) electrons. The first kappa shape index (κ1) is 12.4. The van der Waals surface area contributed by atoms with Gasteiger partial charge in [-0.05, 0) is 6.07 Å². The van der Waals surface area contributed by atoms with Crippen LogP contribution >= 0.6 is 34.8 Å². The van der Waals surface area contributed by atoms with Gasteiger partial charge < -0.3 is 0 Å². The number of rotatable bonds is 2. The lowest BCUT2D eigenvalue weighted by Crippen LogP contribution is -1.90. The van der Waals surface area contributed by atoms with Crippen molar-refractivity contribution in [3.8, 4) is 11.3 Å². The van der Waals surface area contributed by atoms with Crippen LogP contribution in [0.3, 0.4) is 0 Å². The molecule has 1 heterocycles. The second kappa shape index (κ2) is 4.69. The molecule has 3 nitrogen and oxygen atoms in total. The lowest BCUT2D eigenvalue weighted by molar-refractivity contribution is 0.112. The Kier molecular flexibility index (Phi) is 3.43. The van der Waals surface area contributed by atoms with Gasteiger partial charge in [-0.1, -0.05) is 46.9 Å². The molecule has 0 aliphatic carbocycles. The van der Waals surface area contributed by atoms with Gasteiger partial charge in [0.2, 0.25) is 0 Å². The van der Waals surface area contributed by atoms with Gasteiger partial charge in [-0.2, -0.15) is 5.10 Å². The van der Waals surface area contributed by atoms with Gasteiger partial charge in [-0.25, -0.2) is 0 Å². The minimum absolute atomic E-state index is 0.269. The number of nitrogens with zero attached hydrogens (tertiary/aromatic N) is 2. The zero-order valence-corrected chi connectivity index (χ0v) is 11.0. The van der Waals surface area contributed by atoms with Gasteiger partial charge >= 0.3 is 0 Å². The molecule has 88 valence electrons.